The molecule has 0 saturated heterocycles. The summed E-state index contributed by atoms with van der Waals surface area (Å²) in [5.74, 6) is -3.68. The van der Waals surface area contributed by atoms with Crippen LogP contribution in [0, 0.1) is 17.5 Å². The number of carbonyl (C=O) groups is 1. The molecule has 10 heteroatoms. The van der Waals surface area contributed by atoms with Gasteiger partial charge in [0.25, 0.3) is 5.91 Å². The zero-order chi connectivity index (χ0) is 24.4. The number of rotatable bonds is 5. The number of carbonyl (C=O) groups excluding carboxylic acids is 1. The maximum Gasteiger partial charge on any atom is 0.261 e. The Bertz CT molecular complexity index is 1460. The van der Waals surface area contributed by atoms with Gasteiger partial charge in [0.05, 0.1) is 5.69 Å². The Morgan fingerprint density at radius 2 is 1.76 bits per heavy atom. The summed E-state index contributed by atoms with van der Waals surface area (Å²) in [6, 6.07) is 9.38. The van der Waals surface area contributed by atoms with Crippen LogP contribution in [0.2, 0.25) is 5.15 Å². The number of nitrogens with zero attached hydrogens (tertiary/aromatic N) is 2. The molecule has 0 bridgehead atoms. The summed E-state index contributed by atoms with van der Waals surface area (Å²) in [6.45, 7) is 0. The Balaban J connectivity index is 1.62. The summed E-state index contributed by atoms with van der Waals surface area (Å²) in [5, 5.41) is 2.31. The van der Waals surface area contributed by atoms with Gasteiger partial charge >= 0.3 is 0 Å². The van der Waals surface area contributed by atoms with Gasteiger partial charge < -0.3 is 14.6 Å². The summed E-state index contributed by atoms with van der Waals surface area (Å²) < 4.78 is 49.2. The van der Waals surface area contributed by atoms with E-state index in [1.807, 2.05) is 0 Å². The van der Waals surface area contributed by atoms with E-state index in [0.717, 1.165) is 12.1 Å². The highest BCUT2D eigenvalue weighted by molar-refractivity contribution is 6.29. The maximum absolute atomic E-state index is 14.6. The van der Waals surface area contributed by atoms with Crippen LogP contribution < -0.4 is 15.5 Å². The van der Waals surface area contributed by atoms with Gasteiger partial charge in [0.15, 0.2) is 17.4 Å². The first-order chi connectivity index (χ1) is 16.2. The SMILES string of the molecule is Cn1cc(C(=O)Nc2cc(F)c(Oc3ccnc(Cl)c3)cc2F)c(=O)c(-c2ccc(F)cc2)c1. The summed E-state index contributed by atoms with van der Waals surface area (Å²) in [4.78, 5) is 29.4. The van der Waals surface area contributed by atoms with Crippen molar-refractivity contribution in [1.29, 1.82) is 0 Å². The fourth-order valence-corrected chi connectivity index (χ4v) is 3.33. The number of anilines is 1. The van der Waals surface area contributed by atoms with E-state index in [0.29, 0.717) is 5.56 Å². The number of ether oxygens (including phenoxy) is 1. The van der Waals surface area contributed by atoms with Gasteiger partial charge in [0.1, 0.15) is 22.3 Å². The molecule has 0 atom stereocenters. The largest absolute Gasteiger partial charge is 0.454 e. The molecule has 4 rings (SSSR count). The van der Waals surface area contributed by atoms with Gasteiger partial charge in [-0.05, 0) is 23.8 Å². The van der Waals surface area contributed by atoms with E-state index in [-0.39, 0.29) is 22.0 Å². The van der Waals surface area contributed by atoms with Crippen molar-refractivity contribution in [3.8, 4) is 22.6 Å². The molecular formula is C24H15ClF3N3O3. The van der Waals surface area contributed by atoms with E-state index in [1.165, 1.54) is 59.6 Å². The summed E-state index contributed by atoms with van der Waals surface area (Å²) in [5.41, 5.74) is -0.918. The van der Waals surface area contributed by atoms with Crippen LogP contribution in [0.25, 0.3) is 11.1 Å². The average Bonchev–Trinajstić information content (AvgIpc) is 2.79. The highest BCUT2D eigenvalue weighted by Crippen LogP contribution is 2.30. The second kappa shape index (κ2) is 9.40. The van der Waals surface area contributed by atoms with Gasteiger partial charge in [-0.2, -0.15) is 0 Å². The fraction of sp³-hybridized carbons (Fsp3) is 0.0417. The summed E-state index contributed by atoms with van der Waals surface area (Å²) in [6.07, 6.45) is 4.06. The summed E-state index contributed by atoms with van der Waals surface area (Å²) >= 11 is 5.75. The third kappa shape index (κ3) is 4.94. The van der Waals surface area contributed by atoms with Crippen molar-refractivity contribution in [2.45, 2.75) is 0 Å². The third-order valence-electron chi connectivity index (χ3n) is 4.75. The van der Waals surface area contributed by atoms with Crippen LogP contribution in [0.3, 0.4) is 0 Å². The molecule has 0 saturated carbocycles. The van der Waals surface area contributed by atoms with Gasteiger partial charge in [0.2, 0.25) is 5.43 Å². The minimum atomic E-state index is -0.989. The first-order valence-corrected chi connectivity index (χ1v) is 10.1. The minimum Gasteiger partial charge on any atom is -0.454 e. The number of halogens is 4. The van der Waals surface area contributed by atoms with Crippen molar-refractivity contribution in [2.24, 2.45) is 7.05 Å². The van der Waals surface area contributed by atoms with Crippen molar-refractivity contribution in [1.82, 2.24) is 9.55 Å². The average molecular weight is 486 g/mol. The number of benzene rings is 2. The van der Waals surface area contributed by atoms with Crippen LogP contribution in [0.4, 0.5) is 18.9 Å². The number of hydrogen-bond donors (Lipinski definition) is 1. The predicted molar refractivity (Wildman–Crippen MR) is 121 cm³/mol. The first kappa shape index (κ1) is 23.1. The Morgan fingerprint density at radius 3 is 2.47 bits per heavy atom. The number of pyridine rings is 2. The highest BCUT2D eigenvalue weighted by Gasteiger charge is 2.19. The van der Waals surface area contributed by atoms with Crippen LogP contribution in [0.1, 0.15) is 10.4 Å². The number of hydrogen-bond acceptors (Lipinski definition) is 4. The normalized spacial score (nSPS) is 10.7. The van der Waals surface area contributed by atoms with Crippen molar-refractivity contribution in [3.05, 3.63) is 106 Å². The molecule has 0 aliphatic rings. The van der Waals surface area contributed by atoms with Gasteiger partial charge in [0, 0.05) is 49.4 Å². The lowest BCUT2D eigenvalue weighted by Crippen LogP contribution is -2.24. The molecule has 0 unspecified atom stereocenters. The predicted octanol–water partition coefficient (Wildman–Crippen LogP) is 5.56. The van der Waals surface area contributed by atoms with Gasteiger partial charge in [-0.15, -0.1) is 0 Å². The monoisotopic (exact) mass is 485 g/mol. The second-order valence-electron chi connectivity index (χ2n) is 7.22. The molecule has 0 aliphatic heterocycles. The van der Waals surface area contributed by atoms with Crippen LogP contribution in [0.15, 0.2) is 71.9 Å². The molecule has 0 fully saturated rings. The Hall–Kier alpha value is -4.11. The van der Waals surface area contributed by atoms with Crippen molar-refractivity contribution in [2.75, 3.05) is 5.32 Å². The molecule has 2 heterocycles. The quantitative estimate of drug-likeness (QED) is 0.375. The lowest BCUT2D eigenvalue weighted by atomic mass is 10.0. The topological polar surface area (TPSA) is 73.2 Å². The Labute approximate surface area is 196 Å². The van der Waals surface area contributed by atoms with E-state index >= 15 is 0 Å². The first-order valence-electron chi connectivity index (χ1n) is 9.77. The molecule has 172 valence electrons. The van der Waals surface area contributed by atoms with Crippen LogP contribution >= 0.6 is 11.6 Å². The van der Waals surface area contributed by atoms with E-state index in [1.54, 1.807) is 7.05 Å². The van der Waals surface area contributed by atoms with Crippen molar-refractivity contribution >= 4 is 23.2 Å². The zero-order valence-corrected chi connectivity index (χ0v) is 18.2. The molecule has 4 aromatic rings. The molecule has 0 aliphatic carbocycles. The molecule has 0 radical (unpaired) electrons. The Morgan fingerprint density at radius 1 is 1.03 bits per heavy atom. The summed E-state index contributed by atoms with van der Waals surface area (Å²) in [7, 11) is 1.58. The fourth-order valence-electron chi connectivity index (χ4n) is 3.17. The zero-order valence-electron chi connectivity index (χ0n) is 17.5. The molecule has 2 aromatic carbocycles. The lowest BCUT2D eigenvalue weighted by Gasteiger charge is -2.12. The molecular weight excluding hydrogens is 471 g/mol. The number of aromatic nitrogens is 2. The standard InChI is InChI=1S/C24H15ClF3N3O3/c1-31-11-16(13-2-4-14(26)5-3-13)23(32)17(12-31)24(33)30-20-9-19(28)21(10-18(20)27)34-15-6-7-29-22(25)8-15/h2-12H,1H3,(H,30,33). The van der Waals surface area contributed by atoms with E-state index in [4.69, 9.17) is 16.3 Å². The molecule has 1 amide bonds. The van der Waals surface area contributed by atoms with E-state index < -0.39 is 40.2 Å². The smallest absolute Gasteiger partial charge is 0.261 e. The lowest BCUT2D eigenvalue weighted by molar-refractivity contribution is 0.102. The molecule has 6 nitrogen and oxygen atoms in total. The van der Waals surface area contributed by atoms with Gasteiger partial charge in [-0.25, -0.2) is 18.2 Å². The maximum atomic E-state index is 14.6. The third-order valence-corrected chi connectivity index (χ3v) is 4.96. The van der Waals surface area contributed by atoms with Crippen LogP contribution in [0.5, 0.6) is 11.5 Å². The molecule has 2 aromatic heterocycles. The second-order valence-corrected chi connectivity index (χ2v) is 7.61. The number of aryl methyl sites for hydroxylation is 1. The van der Waals surface area contributed by atoms with E-state index in [2.05, 4.69) is 10.3 Å². The molecule has 0 spiro atoms. The number of nitrogens with one attached hydrogen (secondary N) is 1. The minimum absolute atomic E-state index is 0.103. The Kier molecular flexibility index (Phi) is 6.38. The molecule has 1 N–H and O–H groups in total. The van der Waals surface area contributed by atoms with E-state index in [9.17, 15) is 22.8 Å². The van der Waals surface area contributed by atoms with Gasteiger partial charge in [-0.1, -0.05) is 23.7 Å². The van der Waals surface area contributed by atoms with Crippen LogP contribution in [-0.2, 0) is 7.05 Å². The number of amides is 1. The van der Waals surface area contributed by atoms with Crippen molar-refractivity contribution in [3.63, 3.8) is 0 Å². The van der Waals surface area contributed by atoms with Crippen molar-refractivity contribution < 1.29 is 22.7 Å². The van der Waals surface area contributed by atoms with Gasteiger partial charge in [-0.3, -0.25) is 9.59 Å². The highest BCUT2D eigenvalue weighted by atomic mass is 35.5. The molecule has 34 heavy (non-hydrogen) atoms. The van der Waals surface area contributed by atoms with Crippen LogP contribution in [-0.4, -0.2) is 15.5 Å².